The maximum absolute atomic E-state index is 12.0. The van der Waals surface area contributed by atoms with Crippen molar-refractivity contribution in [1.29, 1.82) is 0 Å². The summed E-state index contributed by atoms with van der Waals surface area (Å²) < 4.78 is 0. The van der Waals surface area contributed by atoms with E-state index < -0.39 is 0 Å². The number of aromatic nitrogens is 1. The summed E-state index contributed by atoms with van der Waals surface area (Å²) in [5.41, 5.74) is 3.90. The fourth-order valence-corrected chi connectivity index (χ4v) is 1.89. The van der Waals surface area contributed by atoms with Gasteiger partial charge in [-0.05, 0) is 37.6 Å². The zero-order valence-corrected chi connectivity index (χ0v) is 10.6. The highest BCUT2D eigenvalue weighted by Gasteiger charge is 2.06. The van der Waals surface area contributed by atoms with E-state index in [0.29, 0.717) is 12.1 Å². The van der Waals surface area contributed by atoms with Crippen LogP contribution in [-0.4, -0.2) is 10.9 Å². The summed E-state index contributed by atoms with van der Waals surface area (Å²) in [5.74, 6) is -0.0503. The number of benzene rings is 1. The largest absolute Gasteiger partial charge is 0.348 e. The summed E-state index contributed by atoms with van der Waals surface area (Å²) in [7, 11) is 0. The van der Waals surface area contributed by atoms with E-state index in [2.05, 4.69) is 16.4 Å². The Bertz CT molecular complexity index is 529. The van der Waals surface area contributed by atoms with Gasteiger partial charge in [-0.3, -0.25) is 9.78 Å². The highest BCUT2D eigenvalue weighted by molar-refractivity contribution is 5.94. The zero-order valence-electron chi connectivity index (χ0n) is 10.6. The van der Waals surface area contributed by atoms with Gasteiger partial charge in [0, 0.05) is 24.5 Å². The Balaban J connectivity index is 2.04. The molecule has 2 rings (SSSR count). The molecule has 92 valence electrons. The second-order valence-electron chi connectivity index (χ2n) is 4.42. The maximum atomic E-state index is 12.0. The quantitative estimate of drug-likeness (QED) is 0.896. The van der Waals surface area contributed by atoms with E-state index in [9.17, 15) is 4.79 Å². The Hall–Kier alpha value is -2.16. The molecule has 0 aliphatic rings. The van der Waals surface area contributed by atoms with E-state index in [1.165, 1.54) is 0 Å². The molecule has 1 amide bonds. The molecule has 0 atom stereocenters. The lowest BCUT2D eigenvalue weighted by molar-refractivity contribution is 0.0950. The van der Waals surface area contributed by atoms with Crippen LogP contribution in [0.15, 0.2) is 42.7 Å². The van der Waals surface area contributed by atoms with Crippen LogP contribution in [0.4, 0.5) is 0 Å². The number of amides is 1. The van der Waals surface area contributed by atoms with E-state index in [4.69, 9.17) is 0 Å². The third-order valence-electron chi connectivity index (χ3n) is 2.66. The molecule has 3 heteroatoms. The summed E-state index contributed by atoms with van der Waals surface area (Å²) in [6.45, 7) is 4.48. The molecular weight excluding hydrogens is 224 g/mol. The lowest BCUT2D eigenvalue weighted by Gasteiger charge is -2.07. The number of hydrogen-bond donors (Lipinski definition) is 1. The number of nitrogens with zero attached hydrogens (tertiary/aromatic N) is 1. The van der Waals surface area contributed by atoms with Crippen LogP contribution in [-0.2, 0) is 6.54 Å². The number of pyridine rings is 1. The van der Waals surface area contributed by atoms with E-state index in [1.807, 2.05) is 38.1 Å². The minimum atomic E-state index is -0.0503. The average Bonchev–Trinajstić information content (AvgIpc) is 2.36. The van der Waals surface area contributed by atoms with Crippen molar-refractivity contribution in [2.75, 3.05) is 0 Å². The van der Waals surface area contributed by atoms with Crippen LogP contribution in [0.1, 0.15) is 27.0 Å². The van der Waals surface area contributed by atoms with Gasteiger partial charge in [0.1, 0.15) is 0 Å². The predicted molar refractivity (Wildman–Crippen MR) is 71.3 cm³/mol. The summed E-state index contributed by atoms with van der Waals surface area (Å²) in [5, 5.41) is 2.89. The monoisotopic (exact) mass is 240 g/mol. The van der Waals surface area contributed by atoms with Crippen LogP contribution in [0, 0.1) is 13.8 Å². The minimum absolute atomic E-state index is 0.0503. The SMILES string of the molecule is Cc1cc(C)cc(C(=O)NCc2cccnc2)c1. The number of carbonyl (C=O) groups excluding carboxylic acids is 1. The molecule has 1 aromatic heterocycles. The van der Waals surface area contributed by atoms with E-state index in [-0.39, 0.29) is 5.91 Å². The molecule has 0 spiro atoms. The molecule has 0 fully saturated rings. The lowest BCUT2D eigenvalue weighted by Crippen LogP contribution is -2.23. The molecule has 3 nitrogen and oxygen atoms in total. The van der Waals surface area contributed by atoms with Gasteiger partial charge in [-0.15, -0.1) is 0 Å². The molecule has 1 N–H and O–H groups in total. The first-order chi connectivity index (χ1) is 8.65. The predicted octanol–water partition coefficient (Wildman–Crippen LogP) is 2.63. The van der Waals surface area contributed by atoms with Gasteiger partial charge in [-0.1, -0.05) is 23.3 Å². The molecule has 0 saturated heterocycles. The third-order valence-corrected chi connectivity index (χ3v) is 2.66. The van der Waals surface area contributed by atoms with E-state index in [1.54, 1.807) is 12.4 Å². The average molecular weight is 240 g/mol. The molecule has 0 aliphatic heterocycles. The van der Waals surface area contributed by atoms with E-state index >= 15 is 0 Å². The second-order valence-corrected chi connectivity index (χ2v) is 4.42. The topological polar surface area (TPSA) is 42.0 Å². The Kier molecular flexibility index (Phi) is 3.72. The number of hydrogen-bond acceptors (Lipinski definition) is 2. The Morgan fingerprint density at radius 1 is 1.22 bits per heavy atom. The Morgan fingerprint density at radius 3 is 2.56 bits per heavy atom. The van der Waals surface area contributed by atoms with Crippen LogP contribution < -0.4 is 5.32 Å². The molecule has 0 unspecified atom stereocenters. The number of carbonyl (C=O) groups is 1. The van der Waals surface area contributed by atoms with Gasteiger partial charge in [0.05, 0.1) is 0 Å². The second kappa shape index (κ2) is 5.45. The van der Waals surface area contributed by atoms with Gasteiger partial charge in [0.15, 0.2) is 0 Å². The van der Waals surface area contributed by atoms with Crippen molar-refractivity contribution in [3.05, 3.63) is 65.0 Å². The van der Waals surface area contributed by atoms with Crippen molar-refractivity contribution in [1.82, 2.24) is 10.3 Å². The summed E-state index contributed by atoms with van der Waals surface area (Å²) in [6.07, 6.45) is 3.47. The lowest BCUT2D eigenvalue weighted by atomic mass is 10.1. The van der Waals surface area contributed by atoms with Crippen molar-refractivity contribution in [3.63, 3.8) is 0 Å². The first kappa shape index (κ1) is 12.3. The van der Waals surface area contributed by atoms with Crippen LogP contribution in [0.2, 0.25) is 0 Å². The Labute approximate surface area is 107 Å². The summed E-state index contributed by atoms with van der Waals surface area (Å²) >= 11 is 0. The van der Waals surface area contributed by atoms with Crippen molar-refractivity contribution in [2.24, 2.45) is 0 Å². The zero-order chi connectivity index (χ0) is 13.0. The maximum Gasteiger partial charge on any atom is 0.251 e. The number of rotatable bonds is 3. The number of nitrogens with one attached hydrogen (secondary N) is 1. The molecule has 0 bridgehead atoms. The molecule has 1 aromatic carbocycles. The Morgan fingerprint density at radius 2 is 1.94 bits per heavy atom. The highest BCUT2D eigenvalue weighted by Crippen LogP contribution is 2.09. The van der Waals surface area contributed by atoms with Gasteiger partial charge in [0.2, 0.25) is 0 Å². The third kappa shape index (κ3) is 3.17. The van der Waals surface area contributed by atoms with Crippen molar-refractivity contribution in [2.45, 2.75) is 20.4 Å². The molecule has 18 heavy (non-hydrogen) atoms. The molecule has 1 heterocycles. The first-order valence-electron chi connectivity index (χ1n) is 5.90. The minimum Gasteiger partial charge on any atom is -0.348 e. The normalized spacial score (nSPS) is 10.1. The van der Waals surface area contributed by atoms with Gasteiger partial charge in [-0.25, -0.2) is 0 Å². The summed E-state index contributed by atoms with van der Waals surface area (Å²) in [6, 6.07) is 9.64. The smallest absolute Gasteiger partial charge is 0.251 e. The fraction of sp³-hybridized carbons (Fsp3) is 0.200. The van der Waals surface area contributed by atoms with Crippen LogP contribution in [0.5, 0.6) is 0 Å². The molecule has 2 aromatic rings. The van der Waals surface area contributed by atoms with Gasteiger partial charge >= 0.3 is 0 Å². The van der Waals surface area contributed by atoms with Crippen LogP contribution in [0.25, 0.3) is 0 Å². The van der Waals surface area contributed by atoms with Gasteiger partial charge in [-0.2, -0.15) is 0 Å². The standard InChI is InChI=1S/C15H16N2O/c1-11-6-12(2)8-14(7-11)15(18)17-10-13-4-3-5-16-9-13/h3-9H,10H2,1-2H3,(H,17,18). The number of aryl methyl sites for hydroxylation is 2. The summed E-state index contributed by atoms with van der Waals surface area (Å²) in [4.78, 5) is 16.0. The van der Waals surface area contributed by atoms with Gasteiger partial charge < -0.3 is 5.32 Å². The molecule has 0 aliphatic carbocycles. The highest BCUT2D eigenvalue weighted by atomic mass is 16.1. The molecule has 0 radical (unpaired) electrons. The van der Waals surface area contributed by atoms with Crippen LogP contribution >= 0.6 is 0 Å². The molecule has 0 saturated carbocycles. The van der Waals surface area contributed by atoms with Crippen LogP contribution in [0.3, 0.4) is 0 Å². The van der Waals surface area contributed by atoms with Crippen molar-refractivity contribution >= 4 is 5.91 Å². The van der Waals surface area contributed by atoms with E-state index in [0.717, 1.165) is 16.7 Å². The fourth-order valence-electron chi connectivity index (χ4n) is 1.89. The van der Waals surface area contributed by atoms with Crippen molar-refractivity contribution < 1.29 is 4.79 Å². The van der Waals surface area contributed by atoms with Gasteiger partial charge in [0.25, 0.3) is 5.91 Å². The first-order valence-corrected chi connectivity index (χ1v) is 5.90. The van der Waals surface area contributed by atoms with Crippen molar-refractivity contribution in [3.8, 4) is 0 Å². The molecular formula is C15H16N2O.